The molecule has 38 heavy (non-hydrogen) atoms. The zero-order valence-electron chi connectivity index (χ0n) is 21.8. The lowest BCUT2D eigenvalue weighted by molar-refractivity contribution is -0.112. The van der Waals surface area contributed by atoms with Gasteiger partial charge in [-0.05, 0) is 77.2 Å². The molecule has 1 N–H and O–H groups in total. The van der Waals surface area contributed by atoms with Gasteiger partial charge in [-0.2, -0.15) is 5.26 Å². The lowest BCUT2D eigenvalue weighted by Gasteiger charge is -2.15. The Morgan fingerprint density at radius 3 is 2.39 bits per heavy atom. The van der Waals surface area contributed by atoms with Gasteiger partial charge in [0.1, 0.15) is 29.7 Å². The molecule has 0 fully saturated rings. The largest absolute Gasteiger partial charge is 0.495 e. The van der Waals surface area contributed by atoms with Gasteiger partial charge in [0, 0.05) is 12.1 Å². The molecule has 0 atom stereocenters. The lowest BCUT2D eigenvalue weighted by Crippen LogP contribution is -2.14. The summed E-state index contributed by atoms with van der Waals surface area (Å²) in [5.74, 6) is 1.07. The molecule has 0 aliphatic rings. The van der Waals surface area contributed by atoms with Crippen LogP contribution in [0.25, 0.3) is 6.08 Å². The van der Waals surface area contributed by atoms with Gasteiger partial charge in [-0.25, -0.2) is 0 Å². The number of carbonyl (C=O) groups is 1. The first-order valence-electron chi connectivity index (χ1n) is 11.7. The summed E-state index contributed by atoms with van der Waals surface area (Å²) in [5.41, 5.74) is 4.19. The molecule has 0 bridgehead atoms. The number of nitriles is 1. The predicted octanol–water partition coefficient (Wildman–Crippen LogP) is 7.26. The number of methoxy groups -OCH3 is 2. The molecule has 7 nitrogen and oxygen atoms in total. The fourth-order valence-electron chi connectivity index (χ4n) is 3.59. The first-order valence-corrected chi connectivity index (χ1v) is 12.9. The summed E-state index contributed by atoms with van der Waals surface area (Å²) in [6.07, 6.45) is 1.47. The fraction of sp³-hybridized carbons (Fsp3) is 0.241. The molecule has 0 aliphatic heterocycles. The molecule has 198 valence electrons. The molecule has 3 aromatic rings. The van der Waals surface area contributed by atoms with Gasteiger partial charge in [0.15, 0.2) is 11.5 Å². The van der Waals surface area contributed by atoms with Crippen LogP contribution in [0.2, 0.25) is 5.02 Å². The van der Waals surface area contributed by atoms with Crippen molar-refractivity contribution in [3.63, 3.8) is 0 Å². The number of nitrogens with one attached hydrogen (secondary N) is 1. The highest BCUT2D eigenvalue weighted by Gasteiger charge is 2.17. The van der Waals surface area contributed by atoms with Crippen LogP contribution in [-0.4, -0.2) is 26.7 Å². The zero-order valence-corrected chi connectivity index (χ0v) is 24.1. The van der Waals surface area contributed by atoms with Crippen molar-refractivity contribution in [1.82, 2.24) is 0 Å². The van der Waals surface area contributed by atoms with Crippen LogP contribution >= 0.6 is 27.5 Å². The first kappa shape index (κ1) is 28.9. The number of benzene rings is 3. The Kier molecular flexibility index (Phi) is 10.1. The average Bonchev–Trinajstić information content (AvgIpc) is 2.89. The number of hydrogen-bond acceptors (Lipinski definition) is 6. The second kappa shape index (κ2) is 13.2. The highest BCUT2D eigenvalue weighted by Crippen LogP contribution is 2.39. The van der Waals surface area contributed by atoms with Crippen molar-refractivity contribution in [3.8, 4) is 29.1 Å². The van der Waals surface area contributed by atoms with Gasteiger partial charge < -0.3 is 24.3 Å². The van der Waals surface area contributed by atoms with E-state index in [4.69, 9.17) is 30.5 Å². The van der Waals surface area contributed by atoms with Gasteiger partial charge >= 0.3 is 0 Å². The van der Waals surface area contributed by atoms with Crippen LogP contribution in [0.1, 0.15) is 29.2 Å². The van der Waals surface area contributed by atoms with Crippen LogP contribution in [0, 0.1) is 25.2 Å². The Morgan fingerprint density at radius 1 is 1.03 bits per heavy atom. The molecular formula is C29H28BrClN2O5. The summed E-state index contributed by atoms with van der Waals surface area (Å²) in [4.78, 5) is 13.0. The Labute approximate surface area is 236 Å². The van der Waals surface area contributed by atoms with Gasteiger partial charge in [-0.3, -0.25) is 4.79 Å². The molecule has 0 saturated heterocycles. The lowest BCUT2D eigenvalue weighted by atomic mass is 10.1. The van der Waals surface area contributed by atoms with Gasteiger partial charge in [-0.15, -0.1) is 0 Å². The SMILES string of the molecule is CCOc1cc(/C=C(\C#N)C(=O)Nc2cc(OC)c(Cl)cc2OC)cc(Br)c1OCc1ccc(C)c(C)c1. The number of hydrogen-bond donors (Lipinski definition) is 1. The normalized spacial score (nSPS) is 10.9. The maximum Gasteiger partial charge on any atom is 0.266 e. The highest BCUT2D eigenvalue weighted by molar-refractivity contribution is 9.10. The second-order valence-corrected chi connectivity index (χ2v) is 9.54. The number of anilines is 1. The van der Waals surface area contributed by atoms with E-state index in [9.17, 15) is 10.1 Å². The van der Waals surface area contributed by atoms with Gasteiger partial charge in [0.2, 0.25) is 0 Å². The van der Waals surface area contributed by atoms with Crippen LogP contribution < -0.4 is 24.3 Å². The summed E-state index contributed by atoms with van der Waals surface area (Å²) in [7, 11) is 2.91. The van der Waals surface area contributed by atoms with Crippen LogP contribution in [0.15, 0.2) is 52.5 Å². The van der Waals surface area contributed by atoms with Crippen molar-refractivity contribution in [2.24, 2.45) is 0 Å². The molecule has 0 aliphatic carbocycles. The summed E-state index contributed by atoms with van der Waals surface area (Å²) in [5, 5.41) is 12.7. The van der Waals surface area contributed by atoms with E-state index in [1.807, 2.05) is 19.1 Å². The maximum absolute atomic E-state index is 13.0. The number of carbonyl (C=O) groups excluding carboxylic acids is 1. The smallest absolute Gasteiger partial charge is 0.266 e. The minimum atomic E-state index is -0.626. The van der Waals surface area contributed by atoms with Crippen molar-refractivity contribution in [3.05, 3.63) is 79.8 Å². The van der Waals surface area contributed by atoms with E-state index in [-0.39, 0.29) is 5.57 Å². The number of ether oxygens (including phenoxy) is 4. The predicted molar refractivity (Wildman–Crippen MR) is 152 cm³/mol. The molecule has 0 heterocycles. The molecular weight excluding hydrogens is 572 g/mol. The van der Waals surface area contributed by atoms with E-state index >= 15 is 0 Å². The van der Waals surface area contributed by atoms with E-state index in [2.05, 4.69) is 47.2 Å². The fourth-order valence-corrected chi connectivity index (χ4v) is 4.39. The number of rotatable bonds is 10. The molecule has 0 aromatic heterocycles. The molecule has 3 rings (SSSR count). The van der Waals surface area contributed by atoms with Crippen LogP contribution in [0.3, 0.4) is 0 Å². The maximum atomic E-state index is 13.0. The third kappa shape index (κ3) is 7.00. The van der Waals surface area contributed by atoms with Crippen molar-refractivity contribution in [2.45, 2.75) is 27.4 Å². The van der Waals surface area contributed by atoms with E-state index in [0.717, 1.165) is 5.56 Å². The third-order valence-electron chi connectivity index (χ3n) is 5.68. The average molecular weight is 600 g/mol. The number of nitrogens with zero attached hydrogens (tertiary/aromatic N) is 1. The monoisotopic (exact) mass is 598 g/mol. The topological polar surface area (TPSA) is 89.8 Å². The Morgan fingerprint density at radius 2 is 1.76 bits per heavy atom. The van der Waals surface area contributed by atoms with Gasteiger partial charge in [0.05, 0.1) is 36.0 Å². The van der Waals surface area contributed by atoms with E-state index in [0.29, 0.717) is 57.0 Å². The van der Waals surface area contributed by atoms with Crippen LogP contribution in [-0.2, 0) is 11.4 Å². The quantitative estimate of drug-likeness (QED) is 0.195. The second-order valence-electron chi connectivity index (χ2n) is 8.28. The summed E-state index contributed by atoms with van der Waals surface area (Å²) in [6.45, 7) is 6.75. The Hall–Kier alpha value is -3.67. The molecule has 0 saturated carbocycles. The van der Waals surface area contributed by atoms with Gasteiger partial charge in [-0.1, -0.05) is 29.8 Å². The molecule has 1 amide bonds. The summed E-state index contributed by atoms with van der Waals surface area (Å²) < 4.78 is 23.1. The van der Waals surface area contributed by atoms with E-state index < -0.39 is 5.91 Å². The van der Waals surface area contributed by atoms with Crippen molar-refractivity contribution in [1.29, 1.82) is 5.26 Å². The molecule has 9 heteroatoms. The van der Waals surface area contributed by atoms with Gasteiger partial charge in [0.25, 0.3) is 5.91 Å². The van der Waals surface area contributed by atoms with Crippen molar-refractivity contribution in [2.75, 3.05) is 26.1 Å². The molecule has 0 spiro atoms. The minimum Gasteiger partial charge on any atom is -0.495 e. The third-order valence-corrected chi connectivity index (χ3v) is 6.57. The zero-order chi connectivity index (χ0) is 27.8. The Bertz CT molecular complexity index is 1420. The summed E-state index contributed by atoms with van der Waals surface area (Å²) >= 11 is 9.70. The Balaban J connectivity index is 1.88. The van der Waals surface area contributed by atoms with Crippen molar-refractivity contribution < 1.29 is 23.7 Å². The number of aryl methyl sites for hydroxylation is 2. The van der Waals surface area contributed by atoms with Crippen LogP contribution in [0.4, 0.5) is 5.69 Å². The first-order chi connectivity index (χ1) is 18.2. The van der Waals surface area contributed by atoms with E-state index in [1.165, 1.54) is 43.6 Å². The number of halogens is 2. The molecule has 0 radical (unpaired) electrons. The van der Waals surface area contributed by atoms with E-state index in [1.54, 1.807) is 12.1 Å². The van der Waals surface area contributed by atoms with Crippen LogP contribution in [0.5, 0.6) is 23.0 Å². The van der Waals surface area contributed by atoms with Crippen molar-refractivity contribution >= 4 is 45.2 Å². The minimum absolute atomic E-state index is 0.126. The molecule has 0 unspecified atom stereocenters. The summed E-state index contributed by atoms with van der Waals surface area (Å²) in [6, 6.07) is 14.7. The standard InChI is InChI=1S/C29H28BrClN2O5/c1-6-37-27-12-20(11-22(30)28(27)38-16-19-8-7-17(2)18(3)9-19)10-21(15-32)29(34)33-24-14-25(35-4)23(31)13-26(24)36-5/h7-14H,6,16H2,1-5H3,(H,33,34)/b21-10+. The highest BCUT2D eigenvalue weighted by atomic mass is 79.9. The number of amides is 1. The molecule has 3 aromatic carbocycles.